The molecule has 180 valence electrons. The molecule has 2 aromatic heterocycles. The van der Waals surface area contributed by atoms with Gasteiger partial charge in [0.05, 0.1) is 16.8 Å². The van der Waals surface area contributed by atoms with Gasteiger partial charge in [0.2, 0.25) is 5.91 Å². The molecule has 4 rings (SSSR count). The minimum Gasteiger partial charge on any atom is -0.333 e. The van der Waals surface area contributed by atoms with E-state index in [4.69, 9.17) is 4.98 Å². The number of rotatable bonds is 4. The van der Waals surface area contributed by atoms with Crippen molar-refractivity contribution in [2.75, 3.05) is 5.75 Å². The van der Waals surface area contributed by atoms with Gasteiger partial charge in [-0.15, -0.1) is 11.3 Å². The molecule has 0 spiro atoms. The van der Waals surface area contributed by atoms with Gasteiger partial charge in [0.15, 0.2) is 5.16 Å². The standard InChI is InChI=1S/C25H30N4O3S2/c1-15-10-8-9-12-17(15)29-22(31)20-16-11-6-5-7-13-18(16)34-21(20)27-24(29)33-14-19(30)26-23(32)28-25(2,3)4/h8-10,12H,5-7,11,13-14H2,1-4H3,(H2,26,28,30,32). The van der Waals surface area contributed by atoms with Gasteiger partial charge in [0.25, 0.3) is 5.56 Å². The number of benzene rings is 1. The van der Waals surface area contributed by atoms with Crippen LogP contribution in [0.5, 0.6) is 0 Å². The Labute approximate surface area is 207 Å². The Morgan fingerprint density at radius 2 is 1.88 bits per heavy atom. The monoisotopic (exact) mass is 498 g/mol. The first-order valence-electron chi connectivity index (χ1n) is 11.5. The number of hydrogen-bond donors (Lipinski definition) is 2. The van der Waals surface area contributed by atoms with Crippen molar-refractivity contribution in [2.45, 2.75) is 70.5 Å². The number of para-hydroxylation sites is 1. The molecule has 2 heterocycles. The topological polar surface area (TPSA) is 93.1 Å². The van der Waals surface area contributed by atoms with Gasteiger partial charge in [-0.3, -0.25) is 19.5 Å². The number of aryl methyl sites for hydroxylation is 3. The fourth-order valence-electron chi connectivity index (χ4n) is 4.15. The van der Waals surface area contributed by atoms with Crippen molar-refractivity contribution in [2.24, 2.45) is 0 Å². The molecule has 1 aliphatic carbocycles. The minimum absolute atomic E-state index is 0.0352. The maximum Gasteiger partial charge on any atom is 0.321 e. The van der Waals surface area contributed by atoms with Crippen LogP contribution in [0.25, 0.3) is 15.9 Å². The van der Waals surface area contributed by atoms with Gasteiger partial charge in [-0.25, -0.2) is 9.78 Å². The van der Waals surface area contributed by atoms with E-state index in [0.29, 0.717) is 10.5 Å². The van der Waals surface area contributed by atoms with Gasteiger partial charge in [-0.2, -0.15) is 0 Å². The van der Waals surface area contributed by atoms with E-state index in [0.717, 1.165) is 59.1 Å². The van der Waals surface area contributed by atoms with Crippen LogP contribution < -0.4 is 16.2 Å². The van der Waals surface area contributed by atoms with Crippen LogP contribution in [0, 0.1) is 6.92 Å². The second-order valence-electron chi connectivity index (χ2n) is 9.61. The molecular weight excluding hydrogens is 468 g/mol. The molecule has 3 amide bonds. The van der Waals surface area contributed by atoms with E-state index in [1.54, 1.807) is 15.9 Å². The molecule has 1 aliphatic rings. The van der Waals surface area contributed by atoms with E-state index in [-0.39, 0.29) is 11.3 Å². The van der Waals surface area contributed by atoms with Crippen LogP contribution in [0.3, 0.4) is 0 Å². The van der Waals surface area contributed by atoms with E-state index < -0.39 is 17.5 Å². The van der Waals surface area contributed by atoms with Crippen LogP contribution in [-0.4, -0.2) is 32.8 Å². The molecule has 0 fully saturated rings. The first-order chi connectivity index (χ1) is 16.1. The van der Waals surface area contributed by atoms with Gasteiger partial charge in [-0.1, -0.05) is 36.4 Å². The second kappa shape index (κ2) is 9.92. The normalized spacial score (nSPS) is 13.9. The average Bonchev–Trinajstić information content (AvgIpc) is 2.93. The fraction of sp³-hybridized carbons (Fsp3) is 0.440. The molecule has 0 saturated heterocycles. The number of urea groups is 1. The lowest BCUT2D eigenvalue weighted by Crippen LogP contribution is -2.48. The van der Waals surface area contributed by atoms with Crippen molar-refractivity contribution in [1.82, 2.24) is 20.2 Å². The van der Waals surface area contributed by atoms with Crippen LogP contribution in [-0.2, 0) is 17.6 Å². The molecule has 0 radical (unpaired) electrons. The number of nitrogens with one attached hydrogen (secondary N) is 2. The van der Waals surface area contributed by atoms with Crippen LogP contribution in [0.15, 0.2) is 34.2 Å². The number of thiophene rings is 1. The number of fused-ring (bicyclic) bond motifs is 3. The molecule has 34 heavy (non-hydrogen) atoms. The molecule has 0 saturated carbocycles. The van der Waals surface area contributed by atoms with Crippen molar-refractivity contribution in [3.05, 3.63) is 50.6 Å². The maximum absolute atomic E-state index is 13.9. The summed E-state index contributed by atoms with van der Waals surface area (Å²) in [5, 5.41) is 6.23. The lowest BCUT2D eigenvalue weighted by molar-refractivity contribution is -0.117. The molecular formula is C25H30N4O3S2. The number of aromatic nitrogens is 2. The van der Waals surface area contributed by atoms with Crippen LogP contribution >= 0.6 is 23.1 Å². The van der Waals surface area contributed by atoms with Crippen molar-refractivity contribution in [3.8, 4) is 5.69 Å². The Morgan fingerprint density at radius 1 is 1.15 bits per heavy atom. The average molecular weight is 499 g/mol. The molecule has 0 aliphatic heterocycles. The summed E-state index contributed by atoms with van der Waals surface area (Å²) < 4.78 is 1.63. The van der Waals surface area contributed by atoms with Gasteiger partial charge >= 0.3 is 6.03 Å². The van der Waals surface area contributed by atoms with Crippen LogP contribution in [0.2, 0.25) is 0 Å². The number of amides is 3. The second-order valence-corrected chi connectivity index (χ2v) is 11.6. The molecule has 3 aromatic rings. The highest BCUT2D eigenvalue weighted by Crippen LogP contribution is 2.34. The molecule has 0 unspecified atom stereocenters. The number of carbonyl (C=O) groups excluding carboxylic acids is 2. The first-order valence-corrected chi connectivity index (χ1v) is 13.3. The molecule has 0 bridgehead atoms. The summed E-state index contributed by atoms with van der Waals surface area (Å²) in [6.45, 7) is 7.48. The van der Waals surface area contributed by atoms with Crippen molar-refractivity contribution in [1.29, 1.82) is 0 Å². The third-order valence-electron chi connectivity index (χ3n) is 5.64. The highest BCUT2D eigenvalue weighted by atomic mass is 32.2. The van der Waals surface area contributed by atoms with Gasteiger partial charge in [0.1, 0.15) is 4.83 Å². The van der Waals surface area contributed by atoms with E-state index in [1.165, 1.54) is 11.3 Å². The largest absolute Gasteiger partial charge is 0.333 e. The molecule has 9 heteroatoms. The lowest BCUT2D eigenvalue weighted by Gasteiger charge is -2.20. The van der Waals surface area contributed by atoms with E-state index in [2.05, 4.69) is 10.6 Å². The highest BCUT2D eigenvalue weighted by Gasteiger charge is 2.23. The molecule has 0 atom stereocenters. The molecule has 1 aromatic carbocycles. The number of carbonyl (C=O) groups is 2. The predicted molar refractivity (Wildman–Crippen MR) is 138 cm³/mol. The summed E-state index contributed by atoms with van der Waals surface area (Å²) in [4.78, 5) is 45.3. The quantitative estimate of drug-likeness (QED) is 0.308. The van der Waals surface area contributed by atoms with Crippen LogP contribution in [0.1, 0.15) is 56.0 Å². The Kier molecular flexibility index (Phi) is 7.14. The summed E-state index contributed by atoms with van der Waals surface area (Å²) in [6.07, 6.45) is 5.26. The SMILES string of the molecule is Cc1ccccc1-n1c(SCC(=O)NC(=O)NC(C)(C)C)nc2sc3c(c2c1=O)CCCCC3. The van der Waals surface area contributed by atoms with Crippen LogP contribution in [0.4, 0.5) is 4.79 Å². The Hall–Kier alpha value is -2.65. The zero-order valence-electron chi connectivity index (χ0n) is 20.0. The number of imide groups is 1. The van der Waals surface area contributed by atoms with Crippen molar-refractivity contribution in [3.63, 3.8) is 0 Å². The summed E-state index contributed by atoms with van der Waals surface area (Å²) in [7, 11) is 0. The summed E-state index contributed by atoms with van der Waals surface area (Å²) in [5.74, 6) is -0.480. The molecule has 2 N–H and O–H groups in total. The van der Waals surface area contributed by atoms with Crippen molar-refractivity contribution >= 4 is 45.3 Å². The Bertz CT molecular complexity index is 1300. The Morgan fingerprint density at radius 3 is 2.62 bits per heavy atom. The third-order valence-corrected chi connectivity index (χ3v) is 7.76. The highest BCUT2D eigenvalue weighted by molar-refractivity contribution is 7.99. The minimum atomic E-state index is -0.542. The van der Waals surface area contributed by atoms with E-state index >= 15 is 0 Å². The number of hydrogen-bond acceptors (Lipinski definition) is 6. The number of nitrogens with zero attached hydrogens (tertiary/aromatic N) is 2. The lowest BCUT2D eigenvalue weighted by atomic mass is 10.1. The zero-order valence-corrected chi connectivity index (χ0v) is 21.6. The molecule has 7 nitrogen and oxygen atoms in total. The maximum atomic E-state index is 13.9. The van der Waals surface area contributed by atoms with Crippen molar-refractivity contribution < 1.29 is 9.59 Å². The van der Waals surface area contributed by atoms with Gasteiger partial charge in [-0.05, 0) is 70.6 Å². The smallest absolute Gasteiger partial charge is 0.321 e. The fourth-order valence-corrected chi connectivity index (χ4v) is 6.26. The predicted octanol–water partition coefficient (Wildman–Crippen LogP) is 4.74. The summed E-state index contributed by atoms with van der Waals surface area (Å²) in [6, 6.07) is 7.14. The first kappa shape index (κ1) is 24.5. The summed E-state index contributed by atoms with van der Waals surface area (Å²) >= 11 is 2.76. The Balaban J connectivity index is 1.72. The van der Waals surface area contributed by atoms with Gasteiger partial charge < -0.3 is 5.32 Å². The third kappa shape index (κ3) is 5.36. The number of thioether (sulfide) groups is 1. The summed E-state index contributed by atoms with van der Waals surface area (Å²) in [5.41, 5.74) is 2.30. The van der Waals surface area contributed by atoms with Gasteiger partial charge in [0, 0.05) is 10.4 Å². The van der Waals surface area contributed by atoms with E-state index in [9.17, 15) is 14.4 Å². The zero-order chi connectivity index (χ0) is 24.5. The van der Waals surface area contributed by atoms with E-state index in [1.807, 2.05) is 52.0 Å².